The zero-order valence-corrected chi connectivity index (χ0v) is 13.2. The molecule has 0 spiro atoms. The molecule has 3 rings (SSSR count). The Hall–Kier alpha value is -2.58. The molecular weight excluding hydrogens is 314 g/mol. The van der Waals surface area contributed by atoms with Gasteiger partial charge in [0.05, 0.1) is 11.9 Å². The normalized spacial score (nSPS) is 11.5. The van der Waals surface area contributed by atoms with E-state index in [1.165, 1.54) is 17.1 Å². The third-order valence-electron chi connectivity index (χ3n) is 3.24. The van der Waals surface area contributed by atoms with Crippen molar-refractivity contribution in [1.82, 2.24) is 24.5 Å². The summed E-state index contributed by atoms with van der Waals surface area (Å²) in [5, 5.41) is 3.86. The van der Waals surface area contributed by atoms with E-state index in [9.17, 15) is 8.42 Å². The molecule has 8 heteroatoms. The molecule has 0 aliphatic rings. The summed E-state index contributed by atoms with van der Waals surface area (Å²) in [6.07, 6.45) is 7.84. The number of nitrogens with zero attached hydrogens (tertiary/aromatic N) is 4. The monoisotopic (exact) mass is 329 g/mol. The lowest BCUT2D eigenvalue weighted by Crippen LogP contribution is -2.23. The smallest absolute Gasteiger partial charge is 0.243 e. The standard InChI is InChI=1S/C15H15N5O2S/c1-20-11-14(10-18-20)23(21,22)19-8-12-4-5-15(17-7-12)13-3-2-6-16-9-13/h2-7,9-11,19H,8H2,1H3. The highest BCUT2D eigenvalue weighted by molar-refractivity contribution is 7.89. The van der Waals surface area contributed by atoms with Crippen molar-refractivity contribution in [2.45, 2.75) is 11.4 Å². The average molecular weight is 329 g/mol. The average Bonchev–Trinajstić information content (AvgIpc) is 3.02. The largest absolute Gasteiger partial charge is 0.274 e. The Morgan fingerprint density at radius 1 is 1.17 bits per heavy atom. The van der Waals surface area contributed by atoms with E-state index in [4.69, 9.17) is 0 Å². The van der Waals surface area contributed by atoms with E-state index >= 15 is 0 Å². The van der Waals surface area contributed by atoms with Gasteiger partial charge in [-0.05, 0) is 23.8 Å². The lowest BCUT2D eigenvalue weighted by Gasteiger charge is -2.06. The summed E-state index contributed by atoms with van der Waals surface area (Å²) in [4.78, 5) is 8.52. The van der Waals surface area contributed by atoms with Crippen LogP contribution in [-0.4, -0.2) is 28.2 Å². The fraction of sp³-hybridized carbons (Fsp3) is 0.133. The first-order valence-electron chi connectivity index (χ1n) is 6.88. The summed E-state index contributed by atoms with van der Waals surface area (Å²) >= 11 is 0. The minimum Gasteiger partial charge on any atom is -0.274 e. The highest BCUT2D eigenvalue weighted by atomic mass is 32.2. The quantitative estimate of drug-likeness (QED) is 0.763. The lowest BCUT2D eigenvalue weighted by molar-refractivity contribution is 0.581. The zero-order chi connectivity index (χ0) is 16.3. The van der Waals surface area contributed by atoms with Crippen molar-refractivity contribution < 1.29 is 8.42 Å². The molecule has 0 radical (unpaired) electrons. The Kier molecular flexibility index (Phi) is 4.18. The Morgan fingerprint density at radius 3 is 2.65 bits per heavy atom. The topological polar surface area (TPSA) is 89.8 Å². The van der Waals surface area contributed by atoms with Crippen LogP contribution in [0.4, 0.5) is 0 Å². The molecule has 118 valence electrons. The van der Waals surface area contributed by atoms with Crippen LogP contribution in [0, 0.1) is 0 Å². The van der Waals surface area contributed by atoms with Gasteiger partial charge in [-0.2, -0.15) is 5.10 Å². The Morgan fingerprint density at radius 2 is 2.04 bits per heavy atom. The van der Waals surface area contributed by atoms with E-state index in [0.29, 0.717) is 0 Å². The maximum Gasteiger partial charge on any atom is 0.243 e. The Labute approximate surface area is 134 Å². The minimum atomic E-state index is -3.57. The summed E-state index contributed by atoms with van der Waals surface area (Å²) in [6.45, 7) is 0.164. The van der Waals surface area contributed by atoms with Crippen LogP contribution in [0.2, 0.25) is 0 Å². The predicted molar refractivity (Wildman–Crippen MR) is 84.7 cm³/mol. The minimum absolute atomic E-state index is 0.139. The number of nitrogens with one attached hydrogen (secondary N) is 1. The maximum atomic E-state index is 12.1. The van der Waals surface area contributed by atoms with Crippen molar-refractivity contribution in [1.29, 1.82) is 0 Å². The Bertz CT molecular complexity index is 889. The van der Waals surface area contributed by atoms with Gasteiger partial charge >= 0.3 is 0 Å². The summed E-state index contributed by atoms with van der Waals surface area (Å²) in [6, 6.07) is 7.43. The van der Waals surface area contributed by atoms with Crippen LogP contribution in [-0.2, 0) is 23.6 Å². The van der Waals surface area contributed by atoms with Crippen LogP contribution >= 0.6 is 0 Å². The van der Waals surface area contributed by atoms with Gasteiger partial charge in [0.1, 0.15) is 4.90 Å². The first kappa shape index (κ1) is 15.3. The number of hydrogen-bond donors (Lipinski definition) is 1. The van der Waals surface area contributed by atoms with Crippen molar-refractivity contribution in [3.05, 3.63) is 60.8 Å². The molecule has 7 nitrogen and oxygen atoms in total. The fourth-order valence-corrected chi connectivity index (χ4v) is 3.01. The second kappa shape index (κ2) is 6.27. The van der Waals surface area contributed by atoms with Crippen molar-refractivity contribution in [3.8, 4) is 11.3 Å². The molecule has 0 saturated carbocycles. The Balaban J connectivity index is 1.69. The van der Waals surface area contributed by atoms with Crippen LogP contribution in [0.25, 0.3) is 11.3 Å². The summed E-state index contributed by atoms with van der Waals surface area (Å²) < 4.78 is 28.2. The molecule has 0 bridgehead atoms. The number of aromatic nitrogens is 4. The molecule has 3 heterocycles. The van der Waals surface area contributed by atoms with E-state index in [0.717, 1.165) is 16.8 Å². The number of rotatable bonds is 5. The van der Waals surface area contributed by atoms with Gasteiger partial charge in [0.25, 0.3) is 0 Å². The molecule has 0 aliphatic heterocycles. The first-order valence-corrected chi connectivity index (χ1v) is 8.36. The molecule has 0 atom stereocenters. The van der Waals surface area contributed by atoms with Gasteiger partial charge in [-0.25, -0.2) is 13.1 Å². The third kappa shape index (κ3) is 3.61. The predicted octanol–water partition coefficient (Wildman–Crippen LogP) is 1.36. The zero-order valence-electron chi connectivity index (χ0n) is 12.4. The van der Waals surface area contributed by atoms with Gasteiger partial charge in [0, 0.05) is 43.9 Å². The molecule has 0 amide bonds. The second-order valence-electron chi connectivity index (χ2n) is 4.97. The van der Waals surface area contributed by atoms with Crippen molar-refractivity contribution in [2.24, 2.45) is 7.05 Å². The van der Waals surface area contributed by atoms with E-state index in [-0.39, 0.29) is 11.4 Å². The van der Waals surface area contributed by atoms with E-state index < -0.39 is 10.0 Å². The first-order chi connectivity index (χ1) is 11.0. The lowest BCUT2D eigenvalue weighted by atomic mass is 10.1. The summed E-state index contributed by atoms with van der Waals surface area (Å²) in [5.41, 5.74) is 2.47. The number of hydrogen-bond acceptors (Lipinski definition) is 5. The molecule has 0 aromatic carbocycles. The second-order valence-corrected chi connectivity index (χ2v) is 6.73. The SMILES string of the molecule is Cn1cc(S(=O)(=O)NCc2ccc(-c3cccnc3)nc2)cn1. The number of pyridine rings is 2. The molecule has 0 fully saturated rings. The van der Waals surface area contributed by atoms with Gasteiger partial charge in [0.15, 0.2) is 0 Å². The molecule has 3 aromatic rings. The molecular formula is C15H15N5O2S. The van der Waals surface area contributed by atoms with Gasteiger partial charge in [-0.15, -0.1) is 0 Å². The van der Waals surface area contributed by atoms with Gasteiger partial charge in [-0.3, -0.25) is 14.6 Å². The molecule has 0 unspecified atom stereocenters. The molecule has 3 aromatic heterocycles. The molecule has 23 heavy (non-hydrogen) atoms. The van der Waals surface area contributed by atoms with Crippen LogP contribution < -0.4 is 4.72 Å². The number of sulfonamides is 1. The van der Waals surface area contributed by atoms with E-state index in [1.54, 1.807) is 25.6 Å². The van der Waals surface area contributed by atoms with Crippen LogP contribution in [0.5, 0.6) is 0 Å². The molecule has 0 aliphatic carbocycles. The van der Waals surface area contributed by atoms with E-state index in [2.05, 4.69) is 19.8 Å². The van der Waals surface area contributed by atoms with Gasteiger partial charge in [0.2, 0.25) is 10.0 Å². The summed E-state index contributed by atoms with van der Waals surface area (Å²) in [5.74, 6) is 0. The highest BCUT2D eigenvalue weighted by Crippen LogP contribution is 2.15. The van der Waals surface area contributed by atoms with Gasteiger partial charge < -0.3 is 0 Å². The summed E-state index contributed by atoms with van der Waals surface area (Å²) in [7, 11) is -1.90. The number of aryl methyl sites for hydroxylation is 1. The van der Waals surface area contributed by atoms with Crippen molar-refractivity contribution in [3.63, 3.8) is 0 Å². The van der Waals surface area contributed by atoms with Crippen molar-refractivity contribution >= 4 is 10.0 Å². The molecule has 0 saturated heterocycles. The van der Waals surface area contributed by atoms with E-state index in [1.807, 2.05) is 24.3 Å². The third-order valence-corrected chi connectivity index (χ3v) is 4.60. The fourth-order valence-electron chi connectivity index (χ4n) is 2.01. The van der Waals surface area contributed by atoms with Crippen molar-refractivity contribution in [2.75, 3.05) is 0 Å². The molecule has 1 N–H and O–H groups in total. The van der Waals surface area contributed by atoms with Crippen LogP contribution in [0.3, 0.4) is 0 Å². The highest BCUT2D eigenvalue weighted by Gasteiger charge is 2.15. The van der Waals surface area contributed by atoms with Crippen LogP contribution in [0.1, 0.15) is 5.56 Å². The van der Waals surface area contributed by atoms with Crippen LogP contribution in [0.15, 0.2) is 60.1 Å². The maximum absolute atomic E-state index is 12.1. The van der Waals surface area contributed by atoms with Gasteiger partial charge in [-0.1, -0.05) is 6.07 Å².